The lowest BCUT2D eigenvalue weighted by Gasteiger charge is -2.24. The fourth-order valence-electron chi connectivity index (χ4n) is 2.15. The van der Waals surface area contributed by atoms with E-state index in [1.807, 2.05) is 25.1 Å². The summed E-state index contributed by atoms with van der Waals surface area (Å²) in [7, 11) is 0. The van der Waals surface area contributed by atoms with Crippen LogP contribution in [0.25, 0.3) is 0 Å². The van der Waals surface area contributed by atoms with Crippen LogP contribution in [0.2, 0.25) is 15.1 Å². The second-order valence-electron chi connectivity index (χ2n) is 5.05. The summed E-state index contributed by atoms with van der Waals surface area (Å²) in [5.74, 6) is -1.22. The van der Waals surface area contributed by atoms with Gasteiger partial charge in [0.25, 0.3) is 5.91 Å². The highest BCUT2D eigenvalue weighted by atomic mass is 35.5. The molecule has 0 aliphatic heterocycles. The van der Waals surface area contributed by atoms with Crippen LogP contribution in [0, 0.1) is 0 Å². The molecule has 25 heavy (non-hydrogen) atoms. The number of carbonyl (C=O) groups is 2. The molecule has 0 aliphatic rings. The Morgan fingerprint density at radius 1 is 1.16 bits per heavy atom. The van der Waals surface area contributed by atoms with E-state index in [0.717, 1.165) is 0 Å². The Labute approximate surface area is 160 Å². The number of hydrogen-bond acceptors (Lipinski definition) is 4. The summed E-state index contributed by atoms with van der Waals surface area (Å²) >= 11 is 17.6. The van der Waals surface area contributed by atoms with E-state index in [4.69, 9.17) is 39.5 Å². The average Bonchev–Trinajstić information content (AvgIpc) is 2.61. The van der Waals surface area contributed by atoms with E-state index in [0.29, 0.717) is 12.2 Å². The third-order valence-corrected chi connectivity index (χ3v) is 4.63. The molecule has 0 bridgehead atoms. The summed E-state index contributed by atoms with van der Waals surface area (Å²) in [6, 6.07) is 9.09. The summed E-state index contributed by atoms with van der Waals surface area (Å²) in [6.45, 7) is 3.74. The molecule has 5 nitrogen and oxygen atoms in total. The molecule has 0 radical (unpaired) electrons. The normalized spacial score (nSPS) is 11.7. The van der Waals surface area contributed by atoms with Crippen molar-refractivity contribution >= 4 is 52.4 Å². The average molecular weight is 402 g/mol. The highest BCUT2D eigenvalue weighted by Crippen LogP contribution is 2.31. The predicted octanol–water partition coefficient (Wildman–Crippen LogP) is 4.64. The van der Waals surface area contributed by atoms with Gasteiger partial charge in [-0.05, 0) is 26.0 Å². The maximum absolute atomic E-state index is 12.6. The van der Waals surface area contributed by atoms with Gasteiger partial charge in [-0.25, -0.2) is 9.78 Å². The Morgan fingerprint density at radius 3 is 2.40 bits per heavy atom. The summed E-state index contributed by atoms with van der Waals surface area (Å²) in [5, 5.41) is 0.00605. The molecule has 0 fully saturated rings. The molecule has 0 unspecified atom stereocenters. The van der Waals surface area contributed by atoms with Crippen molar-refractivity contribution in [1.29, 1.82) is 0 Å². The van der Waals surface area contributed by atoms with E-state index < -0.39 is 12.1 Å². The van der Waals surface area contributed by atoms with Crippen LogP contribution < -0.4 is 4.90 Å². The fraction of sp³-hybridized carbons (Fsp3) is 0.235. The van der Waals surface area contributed by atoms with Gasteiger partial charge in [-0.1, -0.05) is 53.0 Å². The van der Waals surface area contributed by atoms with Crippen molar-refractivity contribution in [2.24, 2.45) is 0 Å². The monoisotopic (exact) mass is 400 g/mol. The molecule has 1 atom stereocenters. The Kier molecular flexibility index (Phi) is 6.64. The third-order valence-electron chi connectivity index (χ3n) is 3.39. The summed E-state index contributed by atoms with van der Waals surface area (Å²) in [5.41, 5.74) is 0.516. The van der Waals surface area contributed by atoms with Crippen molar-refractivity contribution in [2.75, 3.05) is 11.4 Å². The largest absolute Gasteiger partial charge is 0.448 e. The molecule has 1 aromatic carbocycles. The van der Waals surface area contributed by atoms with Crippen molar-refractivity contribution in [1.82, 2.24) is 4.98 Å². The van der Waals surface area contributed by atoms with Gasteiger partial charge in [-0.3, -0.25) is 4.79 Å². The van der Waals surface area contributed by atoms with Gasteiger partial charge in [0.05, 0.1) is 15.1 Å². The Bertz CT molecular complexity index is 784. The van der Waals surface area contributed by atoms with E-state index in [-0.39, 0.29) is 26.7 Å². The topological polar surface area (TPSA) is 59.5 Å². The van der Waals surface area contributed by atoms with Crippen LogP contribution in [0.3, 0.4) is 0 Å². The Balaban J connectivity index is 2.15. The molecule has 8 heteroatoms. The minimum atomic E-state index is -1.03. The first kappa shape index (κ1) is 19.5. The molecule has 1 heterocycles. The lowest BCUT2D eigenvalue weighted by atomic mass is 10.2. The highest BCUT2D eigenvalue weighted by Gasteiger charge is 2.27. The number of benzene rings is 1. The molecule has 0 saturated carbocycles. The Morgan fingerprint density at radius 2 is 1.80 bits per heavy atom. The van der Waals surface area contributed by atoms with Gasteiger partial charge < -0.3 is 9.64 Å². The van der Waals surface area contributed by atoms with Crippen molar-refractivity contribution in [3.63, 3.8) is 0 Å². The van der Waals surface area contributed by atoms with Crippen molar-refractivity contribution in [2.45, 2.75) is 20.0 Å². The number of nitrogens with zero attached hydrogens (tertiary/aromatic N) is 2. The van der Waals surface area contributed by atoms with Gasteiger partial charge in [0.2, 0.25) is 0 Å². The van der Waals surface area contributed by atoms with Crippen molar-refractivity contribution in [3.8, 4) is 0 Å². The number of carbonyl (C=O) groups excluding carboxylic acids is 2. The van der Waals surface area contributed by atoms with Crippen LogP contribution in [0.1, 0.15) is 24.3 Å². The highest BCUT2D eigenvalue weighted by molar-refractivity contribution is 6.48. The maximum atomic E-state index is 12.6. The van der Waals surface area contributed by atoms with Gasteiger partial charge >= 0.3 is 5.97 Å². The number of rotatable bonds is 5. The first-order chi connectivity index (χ1) is 11.9. The van der Waals surface area contributed by atoms with Crippen molar-refractivity contribution in [3.05, 3.63) is 57.3 Å². The molecule has 2 aromatic rings. The molecule has 1 amide bonds. The van der Waals surface area contributed by atoms with E-state index in [2.05, 4.69) is 4.98 Å². The third kappa shape index (κ3) is 4.42. The molecule has 0 spiro atoms. The zero-order valence-corrected chi connectivity index (χ0v) is 15.8. The van der Waals surface area contributed by atoms with Gasteiger partial charge in [0.15, 0.2) is 11.8 Å². The summed E-state index contributed by atoms with van der Waals surface area (Å²) in [6.07, 6.45) is 0.168. The van der Waals surface area contributed by atoms with Gasteiger partial charge in [0.1, 0.15) is 0 Å². The molecule has 2 rings (SSSR count). The minimum absolute atomic E-state index is 0.00346. The smallest absolute Gasteiger partial charge is 0.359 e. The van der Waals surface area contributed by atoms with Crippen LogP contribution in [-0.4, -0.2) is 29.5 Å². The fourth-order valence-corrected chi connectivity index (χ4v) is 2.70. The number of halogens is 3. The molecule has 0 saturated heterocycles. The van der Waals surface area contributed by atoms with Gasteiger partial charge in [-0.2, -0.15) is 0 Å². The number of hydrogen-bond donors (Lipinski definition) is 0. The maximum Gasteiger partial charge on any atom is 0.359 e. The first-order valence-electron chi connectivity index (χ1n) is 7.43. The number of likely N-dealkylation sites (N-methyl/N-ethyl adjacent to an activating group) is 1. The number of anilines is 1. The zero-order chi connectivity index (χ0) is 18.6. The zero-order valence-electron chi connectivity index (χ0n) is 13.5. The van der Waals surface area contributed by atoms with Gasteiger partial charge in [-0.15, -0.1) is 0 Å². The van der Waals surface area contributed by atoms with Crippen LogP contribution in [0.5, 0.6) is 0 Å². The standard InChI is InChI=1S/C17H15Cl3N2O3/c1-3-22(11-7-5-4-6-8-11)16(23)10(2)25-17(24)15-14(20)13(19)12(18)9-21-15/h4-10H,3H2,1-2H3/t10-/m1/s1. The van der Waals surface area contributed by atoms with Gasteiger partial charge in [0, 0.05) is 18.4 Å². The van der Waals surface area contributed by atoms with Crippen LogP contribution >= 0.6 is 34.8 Å². The van der Waals surface area contributed by atoms with E-state index in [1.54, 1.807) is 12.1 Å². The lowest BCUT2D eigenvalue weighted by molar-refractivity contribution is -0.126. The van der Waals surface area contributed by atoms with E-state index in [9.17, 15) is 9.59 Å². The number of para-hydroxylation sites is 1. The van der Waals surface area contributed by atoms with E-state index >= 15 is 0 Å². The molecular formula is C17H15Cl3N2O3. The van der Waals surface area contributed by atoms with Crippen LogP contribution in [0.15, 0.2) is 36.5 Å². The number of pyridine rings is 1. The molecule has 132 valence electrons. The number of esters is 1. The predicted molar refractivity (Wildman–Crippen MR) is 98.6 cm³/mol. The molecular weight excluding hydrogens is 387 g/mol. The van der Waals surface area contributed by atoms with E-state index in [1.165, 1.54) is 18.0 Å². The first-order valence-corrected chi connectivity index (χ1v) is 8.57. The number of amides is 1. The molecule has 0 N–H and O–H groups in total. The molecule has 1 aromatic heterocycles. The minimum Gasteiger partial charge on any atom is -0.448 e. The van der Waals surface area contributed by atoms with Crippen LogP contribution in [0.4, 0.5) is 5.69 Å². The summed E-state index contributed by atoms with van der Waals surface area (Å²) < 4.78 is 5.20. The molecule has 0 aliphatic carbocycles. The second-order valence-corrected chi connectivity index (χ2v) is 6.21. The number of aromatic nitrogens is 1. The number of ether oxygens (including phenoxy) is 1. The second kappa shape index (κ2) is 8.52. The summed E-state index contributed by atoms with van der Waals surface area (Å²) in [4.78, 5) is 30.2. The Hall–Kier alpha value is -1.82. The SMILES string of the molecule is CCN(C(=O)[C@@H](C)OC(=O)c1ncc(Cl)c(Cl)c1Cl)c1ccccc1. The quantitative estimate of drug-likeness (QED) is 0.685. The lowest BCUT2D eigenvalue weighted by Crippen LogP contribution is -2.40. The van der Waals surface area contributed by atoms with Crippen molar-refractivity contribution < 1.29 is 14.3 Å². The van der Waals surface area contributed by atoms with Crippen LogP contribution in [-0.2, 0) is 9.53 Å².